The maximum absolute atomic E-state index is 13.5. The first kappa shape index (κ1) is 13.5. The number of aliphatic carboxylic acids is 1. The van der Waals surface area contributed by atoms with Crippen LogP contribution in [0.4, 0.5) is 4.39 Å². The summed E-state index contributed by atoms with van der Waals surface area (Å²) >= 11 is 0. The number of carbonyl (C=O) groups is 2. The van der Waals surface area contributed by atoms with Gasteiger partial charge in [-0.05, 0) is 25.0 Å². The Balaban J connectivity index is 2.09. The summed E-state index contributed by atoms with van der Waals surface area (Å²) in [6.07, 6.45) is 2.91. The lowest BCUT2D eigenvalue weighted by atomic mass is 9.84. The molecule has 4 nitrogen and oxygen atoms in total. The lowest BCUT2D eigenvalue weighted by Crippen LogP contribution is -2.45. The van der Waals surface area contributed by atoms with Gasteiger partial charge in [-0.15, -0.1) is 0 Å². The van der Waals surface area contributed by atoms with E-state index in [1.807, 2.05) is 0 Å². The fourth-order valence-corrected chi connectivity index (χ4v) is 2.49. The molecule has 1 aromatic carbocycles. The van der Waals surface area contributed by atoms with Crippen molar-refractivity contribution in [1.29, 1.82) is 0 Å². The minimum absolute atomic E-state index is 0.0442. The van der Waals surface area contributed by atoms with E-state index in [0.717, 1.165) is 12.8 Å². The predicted octanol–water partition coefficient (Wildman–Crippen LogP) is 2.20. The van der Waals surface area contributed by atoms with Crippen molar-refractivity contribution < 1.29 is 19.1 Å². The molecular weight excluding hydrogens is 249 g/mol. The van der Waals surface area contributed by atoms with E-state index < -0.39 is 29.7 Å². The minimum atomic E-state index is -0.904. The van der Waals surface area contributed by atoms with E-state index in [2.05, 4.69) is 5.32 Å². The van der Waals surface area contributed by atoms with Gasteiger partial charge in [-0.1, -0.05) is 25.0 Å². The van der Waals surface area contributed by atoms with E-state index in [1.54, 1.807) is 6.07 Å². The third kappa shape index (κ3) is 3.10. The van der Waals surface area contributed by atoms with Crippen molar-refractivity contribution in [2.75, 3.05) is 0 Å². The quantitative estimate of drug-likeness (QED) is 0.880. The van der Waals surface area contributed by atoms with Gasteiger partial charge in [0.05, 0.1) is 11.5 Å². The highest BCUT2D eigenvalue weighted by Crippen LogP contribution is 2.25. The zero-order chi connectivity index (χ0) is 13.8. The molecule has 1 saturated carbocycles. The van der Waals surface area contributed by atoms with Crippen LogP contribution in [-0.4, -0.2) is 23.0 Å². The van der Waals surface area contributed by atoms with Crippen LogP contribution in [0.15, 0.2) is 24.3 Å². The maximum atomic E-state index is 13.5. The lowest BCUT2D eigenvalue weighted by Gasteiger charge is -2.29. The van der Waals surface area contributed by atoms with Crippen LogP contribution in [0.1, 0.15) is 36.0 Å². The molecule has 0 spiro atoms. The second kappa shape index (κ2) is 5.82. The average Bonchev–Trinajstić information content (AvgIpc) is 2.39. The van der Waals surface area contributed by atoms with Crippen LogP contribution in [0, 0.1) is 11.7 Å². The monoisotopic (exact) mass is 265 g/mol. The molecule has 0 bridgehead atoms. The molecule has 2 N–H and O–H groups in total. The Kier molecular flexibility index (Phi) is 4.14. The Labute approximate surface area is 110 Å². The molecule has 2 rings (SSSR count). The summed E-state index contributed by atoms with van der Waals surface area (Å²) < 4.78 is 13.5. The van der Waals surface area contributed by atoms with Crippen LogP contribution in [0.2, 0.25) is 0 Å². The van der Waals surface area contributed by atoms with Gasteiger partial charge in [-0.2, -0.15) is 0 Å². The molecule has 1 amide bonds. The Morgan fingerprint density at radius 1 is 1.21 bits per heavy atom. The number of rotatable bonds is 3. The highest BCUT2D eigenvalue weighted by Gasteiger charge is 2.32. The summed E-state index contributed by atoms with van der Waals surface area (Å²) in [6.45, 7) is 0. The Bertz CT molecular complexity index is 489. The van der Waals surface area contributed by atoms with Gasteiger partial charge in [0.25, 0.3) is 5.91 Å². The number of halogens is 1. The van der Waals surface area contributed by atoms with Crippen LogP contribution < -0.4 is 5.32 Å². The standard InChI is InChI=1S/C14H16FNO3/c15-11-7-3-1-5-9(11)13(17)16-12-8-4-2-6-10(12)14(18)19/h1,3,5,7,10,12H,2,4,6,8H2,(H,16,17)(H,18,19). The number of amides is 1. The number of benzene rings is 1. The third-order valence-electron chi connectivity index (χ3n) is 3.52. The van der Waals surface area contributed by atoms with Crippen molar-refractivity contribution in [3.8, 4) is 0 Å². The summed E-state index contributed by atoms with van der Waals surface area (Å²) in [4.78, 5) is 23.1. The largest absolute Gasteiger partial charge is 0.481 e. The Morgan fingerprint density at radius 2 is 1.89 bits per heavy atom. The molecule has 1 aliphatic carbocycles. The lowest BCUT2D eigenvalue weighted by molar-refractivity contribution is -0.143. The molecule has 0 aliphatic heterocycles. The molecule has 0 aromatic heterocycles. The molecule has 0 saturated heterocycles. The average molecular weight is 265 g/mol. The van der Waals surface area contributed by atoms with Crippen molar-refractivity contribution in [3.05, 3.63) is 35.6 Å². The van der Waals surface area contributed by atoms with Gasteiger partial charge in [-0.25, -0.2) is 4.39 Å². The second-order valence-electron chi connectivity index (χ2n) is 4.79. The van der Waals surface area contributed by atoms with Crippen LogP contribution in [0.5, 0.6) is 0 Å². The summed E-state index contributed by atoms with van der Waals surface area (Å²) in [5.74, 6) is -2.62. The van der Waals surface area contributed by atoms with Gasteiger partial charge >= 0.3 is 5.97 Å². The number of carboxylic acid groups (broad SMARTS) is 1. The molecular formula is C14H16FNO3. The molecule has 0 heterocycles. The topological polar surface area (TPSA) is 66.4 Å². The second-order valence-corrected chi connectivity index (χ2v) is 4.79. The molecule has 19 heavy (non-hydrogen) atoms. The van der Waals surface area contributed by atoms with Gasteiger partial charge in [0, 0.05) is 6.04 Å². The predicted molar refractivity (Wildman–Crippen MR) is 67.2 cm³/mol. The van der Waals surface area contributed by atoms with Crippen molar-refractivity contribution in [2.45, 2.75) is 31.7 Å². The first-order valence-corrected chi connectivity index (χ1v) is 6.38. The van der Waals surface area contributed by atoms with Gasteiger partial charge in [-0.3, -0.25) is 9.59 Å². The molecule has 1 fully saturated rings. The molecule has 1 aliphatic rings. The van der Waals surface area contributed by atoms with E-state index in [9.17, 15) is 14.0 Å². The first-order chi connectivity index (χ1) is 9.09. The highest BCUT2D eigenvalue weighted by atomic mass is 19.1. The molecule has 1 aromatic rings. The summed E-state index contributed by atoms with van der Waals surface area (Å²) in [6, 6.07) is 5.27. The molecule has 0 radical (unpaired) electrons. The van der Waals surface area contributed by atoms with E-state index >= 15 is 0 Å². The maximum Gasteiger partial charge on any atom is 0.308 e. The van der Waals surface area contributed by atoms with Crippen LogP contribution >= 0.6 is 0 Å². The SMILES string of the molecule is O=C(NC1CCCCC1C(=O)O)c1ccccc1F. The van der Waals surface area contributed by atoms with E-state index in [0.29, 0.717) is 12.8 Å². The van der Waals surface area contributed by atoms with Gasteiger partial charge < -0.3 is 10.4 Å². The van der Waals surface area contributed by atoms with E-state index in [-0.39, 0.29) is 5.56 Å². The zero-order valence-electron chi connectivity index (χ0n) is 10.4. The summed E-state index contributed by atoms with van der Waals surface area (Å²) in [5, 5.41) is 11.8. The van der Waals surface area contributed by atoms with E-state index in [4.69, 9.17) is 5.11 Å². The normalized spacial score (nSPS) is 22.8. The number of hydrogen-bond donors (Lipinski definition) is 2. The number of nitrogens with one attached hydrogen (secondary N) is 1. The van der Waals surface area contributed by atoms with Crippen molar-refractivity contribution in [2.24, 2.45) is 5.92 Å². The smallest absolute Gasteiger partial charge is 0.308 e. The molecule has 2 unspecified atom stereocenters. The Morgan fingerprint density at radius 3 is 2.58 bits per heavy atom. The zero-order valence-corrected chi connectivity index (χ0v) is 10.4. The van der Waals surface area contributed by atoms with Gasteiger partial charge in [0.1, 0.15) is 5.82 Å². The fraction of sp³-hybridized carbons (Fsp3) is 0.429. The Hall–Kier alpha value is -1.91. The van der Waals surface area contributed by atoms with Crippen molar-refractivity contribution in [1.82, 2.24) is 5.32 Å². The molecule has 102 valence electrons. The van der Waals surface area contributed by atoms with Gasteiger partial charge in [0.2, 0.25) is 0 Å². The highest BCUT2D eigenvalue weighted by molar-refractivity contribution is 5.94. The first-order valence-electron chi connectivity index (χ1n) is 6.38. The molecule has 2 atom stereocenters. The van der Waals surface area contributed by atoms with Crippen molar-refractivity contribution >= 4 is 11.9 Å². The third-order valence-corrected chi connectivity index (χ3v) is 3.52. The molecule has 5 heteroatoms. The van der Waals surface area contributed by atoms with Crippen molar-refractivity contribution in [3.63, 3.8) is 0 Å². The minimum Gasteiger partial charge on any atom is -0.481 e. The number of hydrogen-bond acceptors (Lipinski definition) is 2. The van der Waals surface area contributed by atoms with Gasteiger partial charge in [0.15, 0.2) is 0 Å². The summed E-state index contributed by atoms with van der Waals surface area (Å²) in [7, 11) is 0. The van der Waals surface area contributed by atoms with Crippen LogP contribution in [0.3, 0.4) is 0 Å². The number of carbonyl (C=O) groups excluding carboxylic acids is 1. The van der Waals surface area contributed by atoms with Crippen LogP contribution in [0.25, 0.3) is 0 Å². The van der Waals surface area contributed by atoms with Crippen LogP contribution in [-0.2, 0) is 4.79 Å². The summed E-state index contributed by atoms with van der Waals surface area (Å²) in [5.41, 5.74) is -0.0442. The fourth-order valence-electron chi connectivity index (χ4n) is 2.49. The van der Waals surface area contributed by atoms with E-state index in [1.165, 1.54) is 18.2 Å². The number of carboxylic acids is 1.